The van der Waals surface area contributed by atoms with Crippen LogP contribution in [0.2, 0.25) is 0 Å². The van der Waals surface area contributed by atoms with E-state index in [9.17, 15) is 9.59 Å². The van der Waals surface area contributed by atoms with E-state index in [0.717, 1.165) is 0 Å². The third kappa shape index (κ3) is 4.29. The second-order valence-corrected chi connectivity index (χ2v) is 5.90. The molecule has 0 aromatic carbocycles. The molecule has 5 heteroatoms. The summed E-state index contributed by atoms with van der Waals surface area (Å²) in [5.74, 6) is -1.39. The summed E-state index contributed by atoms with van der Waals surface area (Å²) in [4.78, 5) is 22.7. The molecule has 1 amide bonds. The Morgan fingerprint density at radius 2 is 1.89 bits per heavy atom. The van der Waals surface area contributed by atoms with Crippen LogP contribution in [0.1, 0.15) is 39.5 Å². The summed E-state index contributed by atoms with van der Waals surface area (Å²) in [6.07, 6.45) is 2.33. The molecule has 0 heterocycles. The Labute approximate surface area is 108 Å². The summed E-state index contributed by atoms with van der Waals surface area (Å²) in [7, 11) is 0. The first-order valence-corrected chi connectivity index (χ1v) is 6.47. The monoisotopic (exact) mass is 257 g/mol. The summed E-state index contributed by atoms with van der Waals surface area (Å²) in [5, 5.41) is 20.6. The first-order valence-electron chi connectivity index (χ1n) is 6.47. The van der Waals surface area contributed by atoms with Crippen molar-refractivity contribution in [2.75, 3.05) is 13.2 Å². The van der Waals surface area contributed by atoms with Gasteiger partial charge in [-0.05, 0) is 31.1 Å². The molecule has 104 valence electrons. The van der Waals surface area contributed by atoms with Gasteiger partial charge in [-0.25, -0.2) is 0 Å². The minimum atomic E-state index is -0.800. The number of aliphatic carboxylic acids is 1. The molecule has 0 aromatic rings. The van der Waals surface area contributed by atoms with Gasteiger partial charge in [-0.2, -0.15) is 0 Å². The number of aliphatic hydroxyl groups excluding tert-OH is 1. The summed E-state index contributed by atoms with van der Waals surface area (Å²) in [6.45, 7) is 4.59. The van der Waals surface area contributed by atoms with Crippen molar-refractivity contribution in [2.24, 2.45) is 17.3 Å². The molecular formula is C13H23NO4. The molecule has 1 rings (SSSR count). The van der Waals surface area contributed by atoms with Gasteiger partial charge in [0.2, 0.25) is 5.91 Å². The first kappa shape index (κ1) is 15.0. The van der Waals surface area contributed by atoms with Crippen molar-refractivity contribution < 1.29 is 19.8 Å². The van der Waals surface area contributed by atoms with Gasteiger partial charge >= 0.3 is 5.97 Å². The molecule has 3 N–H and O–H groups in total. The van der Waals surface area contributed by atoms with Gasteiger partial charge in [0.15, 0.2) is 0 Å². The molecule has 0 bridgehead atoms. The smallest absolute Gasteiger partial charge is 0.306 e. The van der Waals surface area contributed by atoms with Gasteiger partial charge < -0.3 is 15.5 Å². The highest BCUT2D eigenvalue weighted by Crippen LogP contribution is 2.31. The number of nitrogens with one attached hydrogen (secondary N) is 1. The zero-order chi connectivity index (χ0) is 13.8. The SMILES string of the molecule is CC(C)(CCO)CNC(=O)C1CCC(C(=O)O)C1. The summed E-state index contributed by atoms with van der Waals surface area (Å²) < 4.78 is 0. The Balaban J connectivity index is 2.36. The third-order valence-electron chi connectivity index (χ3n) is 3.68. The van der Waals surface area contributed by atoms with Crippen molar-refractivity contribution in [3.63, 3.8) is 0 Å². The minimum Gasteiger partial charge on any atom is -0.481 e. The minimum absolute atomic E-state index is 0.0511. The van der Waals surface area contributed by atoms with E-state index >= 15 is 0 Å². The van der Waals surface area contributed by atoms with E-state index in [-0.39, 0.29) is 29.8 Å². The second-order valence-electron chi connectivity index (χ2n) is 5.90. The molecule has 1 fully saturated rings. The molecule has 1 aliphatic rings. The Hall–Kier alpha value is -1.10. The number of carbonyl (C=O) groups excluding carboxylic acids is 1. The topological polar surface area (TPSA) is 86.6 Å². The predicted octanol–water partition coefficient (Wildman–Crippen LogP) is 1.01. The van der Waals surface area contributed by atoms with Crippen LogP contribution < -0.4 is 5.32 Å². The van der Waals surface area contributed by atoms with Crippen molar-refractivity contribution in [2.45, 2.75) is 39.5 Å². The van der Waals surface area contributed by atoms with Crippen molar-refractivity contribution in [3.8, 4) is 0 Å². The Morgan fingerprint density at radius 1 is 1.28 bits per heavy atom. The number of hydrogen-bond acceptors (Lipinski definition) is 3. The maximum atomic E-state index is 11.9. The number of hydrogen-bond donors (Lipinski definition) is 3. The normalized spacial score (nSPS) is 23.9. The predicted molar refractivity (Wildman–Crippen MR) is 67.0 cm³/mol. The van der Waals surface area contributed by atoms with Gasteiger partial charge in [0.1, 0.15) is 0 Å². The van der Waals surface area contributed by atoms with E-state index in [1.165, 1.54) is 0 Å². The molecular weight excluding hydrogens is 234 g/mol. The fraction of sp³-hybridized carbons (Fsp3) is 0.846. The maximum absolute atomic E-state index is 11.9. The van der Waals surface area contributed by atoms with Gasteiger partial charge in [0.05, 0.1) is 5.92 Å². The Bertz CT molecular complexity index is 314. The highest BCUT2D eigenvalue weighted by molar-refractivity contribution is 5.80. The highest BCUT2D eigenvalue weighted by Gasteiger charge is 2.34. The second kappa shape index (κ2) is 6.18. The van der Waals surface area contributed by atoms with Crippen LogP contribution in [-0.2, 0) is 9.59 Å². The zero-order valence-corrected chi connectivity index (χ0v) is 11.1. The van der Waals surface area contributed by atoms with Crippen LogP contribution >= 0.6 is 0 Å². The zero-order valence-electron chi connectivity index (χ0n) is 11.1. The van der Waals surface area contributed by atoms with E-state index in [1.807, 2.05) is 13.8 Å². The number of rotatable bonds is 6. The number of carboxylic acid groups (broad SMARTS) is 1. The lowest BCUT2D eigenvalue weighted by atomic mass is 9.89. The van der Waals surface area contributed by atoms with Crippen LogP contribution in [0.3, 0.4) is 0 Å². The van der Waals surface area contributed by atoms with Gasteiger partial charge in [-0.3, -0.25) is 9.59 Å². The fourth-order valence-corrected chi connectivity index (χ4v) is 2.31. The summed E-state index contributed by atoms with van der Waals surface area (Å²) >= 11 is 0. The van der Waals surface area contributed by atoms with Crippen LogP contribution in [0.15, 0.2) is 0 Å². The van der Waals surface area contributed by atoms with Crippen molar-refractivity contribution in [1.29, 1.82) is 0 Å². The third-order valence-corrected chi connectivity index (χ3v) is 3.68. The maximum Gasteiger partial charge on any atom is 0.306 e. The van der Waals surface area contributed by atoms with Crippen LogP contribution in [-0.4, -0.2) is 35.2 Å². The lowest BCUT2D eigenvalue weighted by Crippen LogP contribution is -2.37. The standard InChI is InChI=1S/C13H23NO4/c1-13(2,5-6-15)8-14-11(16)9-3-4-10(7-9)12(17)18/h9-10,15H,3-8H2,1-2H3,(H,14,16)(H,17,18). The van der Waals surface area contributed by atoms with Gasteiger partial charge in [0, 0.05) is 19.1 Å². The lowest BCUT2D eigenvalue weighted by molar-refractivity contribution is -0.141. The number of amides is 1. The highest BCUT2D eigenvalue weighted by atomic mass is 16.4. The van der Waals surface area contributed by atoms with Gasteiger partial charge in [-0.15, -0.1) is 0 Å². The number of aliphatic hydroxyl groups is 1. The van der Waals surface area contributed by atoms with E-state index in [4.69, 9.17) is 10.2 Å². The largest absolute Gasteiger partial charge is 0.481 e. The summed E-state index contributed by atoms with van der Waals surface area (Å²) in [5.41, 5.74) is -0.130. The van der Waals surface area contributed by atoms with Crippen LogP contribution in [0.25, 0.3) is 0 Å². The van der Waals surface area contributed by atoms with E-state index in [2.05, 4.69) is 5.32 Å². The van der Waals surface area contributed by atoms with E-state index < -0.39 is 5.97 Å². The molecule has 0 radical (unpaired) electrons. The number of carboxylic acids is 1. The molecule has 5 nitrogen and oxygen atoms in total. The molecule has 1 saturated carbocycles. The molecule has 0 aliphatic heterocycles. The molecule has 0 spiro atoms. The fourth-order valence-electron chi connectivity index (χ4n) is 2.31. The van der Waals surface area contributed by atoms with Gasteiger partial charge in [-0.1, -0.05) is 13.8 Å². The molecule has 1 aliphatic carbocycles. The summed E-state index contributed by atoms with van der Waals surface area (Å²) in [6, 6.07) is 0. The first-order chi connectivity index (χ1) is 8.35. The molecule has 2 atom stereocenters. The Kier molecular flexibility index (Phi) is 5.14. The van der Waals surface area contributed by atoms with Crippen molar-refractivity contribution in [1.82, 2.24) is 5.32 Å². The van der Waals surface area contributed by atoms with Crippen LogP contribution in [0, 0.1) is 17.3 Å². The van der Waals surface area contributed by atoms with Crippen LogP contribution in [0.4, 0.5) is 0 Å². The van der Waals surface area contributed by atoms with Crippen molar-refractivity contribution >= 4 is 11.9 Å². The quantitative estimate of drug-likeness (QED) is 0.663. The molecule has 0 aromatic heterocycles. The van der Waals surface area contributed by atoms with Crippen LogP contribution in [0.5, 0.6) is 0 Å². The Morgan fingerprint density at radius 3 is 2.39 bits per heavy atom. The van der Waals surface area contributed by atoms with Gasteiger partial charge in [0.25, 0.3) is 0 Å². The average molecular weight is 257 g/mol. The molecule has 18 heavy (non-hydrogen) atoms. The van der Waals surface area contributed by atoms with Crippen molar-refractivity contribution in [3.05, 3.63) is 0 Å². The molecule has 0 saturated heterocycles. The van der Waals surface area contributed by atoms with E-state index in [1.54, 1.807) is 0 Å². The molecule has 2 unspecified atom stereocenters. The average Bonchev–Trinajstić information content (AvgIpc) is 2.75. The lowest BCUT2D eigenvalue weighted by Gasteiger charge is -2.24. The number of carbonyl (C=O) groups is 2. The van der Waals surface area contributed by atoms with E-state index in [0.29, 0.717) is 32.2 Å².